The first-order chi connectivity index (χ1) is 12.1. The molecule has 0 spiro atoms. The lowest BCUT2D eigenvalue weighted by Crippen LogP contribution is -2.31. The molecule has 0 unspecified atom stereocenters. The van der Waals surface area contributed by atoms with Crippen molar-refractivity contribution in [3.8, 4) is 6.07 Å². The van der Waals surface area contributed by atoms with Crippen LogP contribution in [0.2, 0.25) is 0 Å². The van der Waals surface area contributed by atoms with E-state index in [0.29, 0.717) is 18.7 Å². The number of aromatic nitrogens is 3. The second-order valence-electron chi connectivity index (χ2n) is 6.80. The molecular weight excluding hydrogens is 336 g/mol. The van der Waals surface area contributed by atoms with E-state index in [1.807, 2.05) is 11.4 Å². The fourth-order valence-corrected chi connectivity index (χ4v) is 4.83. The molecule has 3 heterocycles. The molecule has 0 saturated heterocycles. The molecule has 0 aromatic carbocycles. The first-order valence-electron chi connectivity index (χ1n) is 8.57. The Kier molecular flexibility index (Phi) is 4.20. The molecule has 4 rings (SSSR count). The number of hydrogen-bond donors (Lipinski definition) is 2. The van der Waals surface area contributed by atoms with Crippen molar-refractivity contribution in [2.75, 3.05) is 0 Å². The predicted octanol–water partition coefficient (Wildman–Crippen LogP) is 3.32. The standard InChI is InChI=1S/C18H20N4O2S/c1-10(23)18-21-14-9-20-13-5-7-25-17(13)16(14)22(18)12-3-2-11(4-6-19)15(24)8-12/h5,7,9-12,15,23-24H,2-4,8H2,1H3/t10-,11-,12-,15-/m1/s1. The molecule has 3 aromatic rings. The van der Waals surface area contributed by atoms with Gasteiger partial charge in [0.2, 0.25) is 0 Å². The Balaban J connectivity index is 1.84. The lowest BCUT2D eigenvalue weighted by Gasteiger charge is -2.34. The highest BCUT2D eigenvalue weighted by Gasteiger charge is 2.33. The maximum Gasteiger partial charge on any atom is 0.138 e. The number of nitriles is 1. The average Bonchev–Trinajstić information content (AvgIpc) is 3.20. The van der Waals surface area contributed by atoms with E-state index in [2.05, 4.69) is 20.6 Å². The van der Waals surface area contributed by atoms with Crippen LogP contribution >= 0.6 is 11.3 Å². The van der Waals surface area contributed by atoms with Gasteiger partial charge >= 0.3 is 0 Å². The first-order valence-corrected chi connectivity index (χ1v) is 9.45. The zero-order chi connectivity index (χ0) is 17.6. The van der Waals surface area contributed by atoms with Crippen LogP contribution in [-0.4, -0.2) is 30.9 Å². The van der Waals surface area contributed by atoms with Crippen LogP contribution < -0.4 is 0 Å². The highest BCUT2D eigenvalue weighted by atomic mass is 32.1. The van der Waals surface area contributed by atoms with Crippen LogP contribution in [0.15, 0.2) is 17.6 Å². The van der Waals surface area contributed by atoms with Crippen LogP contribution in [0.3, 0.4) is 0 Å². The molecule has 130 valence electrons. The van der Waals surface area contributed by atoms with E-state index in [-0.39, 0.29) is 12.0 Å². The van der Waals surface area contributed by atoms with E-state index in [4.69, 9.17) is 5.26 Å². The Morgan fingerprint density at radius 2 is 2.28 bits per heavy atom. The molecule has 0 bridgehead atoms. The van der Waals surface area contributed by atoms with Crippen molar-refractivity contribution in [3.63, 3.8) is 0 Å². The number of aliphatic hydroxyl groups is 2. The van der Waals surface area contributed by atoms with Crippen molar-refractivity contribution < 1.29 is 10.2 Å². The van der Waals surface area contributed by atoms with Crippen LogP contribution in [0.5, 0.6) is 0 Å². The van der Waals surface area contributed by atoms with E-state index in [1.54, 1.807) is 24.5 Å². The highest BCUT2D eigenvalue weighted by Crippen LogP contribution is 2.40. The molecule has 0 amide bonds. The quantitative estimate of drug-likeness (QED) is 0.751. The van der Waals surface area contributed by atoms with Gasteiger partial charge in [-0.05, 0) is 43.6 Å². The molecule has 4 atom stereocenters. The minimum atomic E-state index is -0.698. The number of imidazole rings is 1. The zero-order valence-corrected chi connectivity index (χ0v) is 14.8. The summed E-state index contributed by atoms with van der Waals surface area (Å²) in [6.07, 6.45) is 3.19. The fraction of sp³-hybridized carbons (Fsp3) is 0.500. The molecule has 2 N–H and O–H groups in total. The summed E-state index contributed by atoms with van der Waals surface area (Å²) in [7, 11) is 0. The summed E-state index contributed by atoms with van der Waals surface area (Å²) < 4.78 is 3.16. The molecular formula is C18H20N4O2S. The number of hydrogen-bond acceptors (Lipinski definition) is 6. The molecule has 0 radical (unpaired) electrons. The van der Waals surface area contributed by atoms with Crippen molar-refractivity contribution in [2.45, 2.75) is 50.9 Å². The van der Waals surface area contributed by atoms with Gasteiger partial charge in [-0.2, -0.15) is 5.26 Å². The largest absolute Gasteiger partial charge is 0.393 e. The van der Waals surface area contributed by atoms with Gasteiger partial charge in [0.1, 0.15) is 17.4 Å². The molecule has 1 aliphatic carbocycles. The number of rotatable bonds is 3. The summed E-state index contributed by atoms with van der Waals surface area (Å²) in [6.45, 7) is 1.72. The summed E-state index contributed by atoms with van der Waals surface area (Å²) in [5.41, 5.74) is 2.70. The number of fused-ring (bicyclic) bond motifs is 3. The second-order valence-corrected chi connectivity index (χ2v) is 7.72. The third-order valence-electron chi connectivity index (χ3n) is 5.17. The molecule has 3 aromatic heterocycles. The second kappa shape index (κ2) is 6.37. The van der Waals surface area contributed by atoms with Gasteiger partial charge in [0.15, 0.2) is 0 Å². The molecule has 25 heavy (non-hydrogen) atoms. The third-order valence-corrected chi connectivity index (χ3v) is 6.08. The Morgan fingerprint density at radius 3 is 3.00 bits per heavy atom. The molecule has 0 aliphatic heterocycles. The first kappa shape index (κ1) is 16.5. The lowest BCUT2D eigenvalue weighted by molar-refractivity contribution is 0.0480. The Morgan fingerprint density at radius 1 is 1.44 bits per heavy atom. The van der Waals surface area contributed by atoms with Crippen molar-refractivity contribution in [1.82, 2.24) is 14.5 Å². The van der Waals surface area contributed by atoms with Gasteiger partial charge in [-0.25, -0.2) is 4.98 Å². The van der Waals surface area contributed by atoms with Gasteiger partial charge in [0.25, 0.3) is 0 Å². The van der Waals surface area contributed by atoms with Gasteiger partial charge in [-0.15, -0.1) is 11.3 Å². The van der Waals surface area contributed by atoms with E-state index < -0.39 is 12.2 Å². The average molecular weight is 356 g/mol. The SMILES string of the molecule is C[C@@H](O)c1nc2cnc3ccsc3c2n1[C@@H]1CC[C@H](CC#N)[C@H](O)C1. The molecule has 1 aliphatic rings. The number of aliphatic hydroxyl groups excluding tert-OH is 2. The normalized spacial score (nSPS) is 25.3. The van der Waals surface area contributed by atoms with Crippen LogP contribution in [0.25, 0.3) is 21.3 Å². The minimum absolute atomic E-state index is 0.0365. The van der Waals surface area contributed by atoms with Crippen molar-refractivity contribution >= 4 is 32.6 Å². The lowest BCUT2D eigenvalue weighted by atomic mass is 9.81. The Bertz CT molecular complexity index is 955. The van der Waals surface area contributed by atoms with Crippen molar-refractivity contribution in [3.05, 3.63) is 23.5 Å². The van der Waals surface area contributed by atoms with Crippen molar-refractivity contribution in [2.24, 2.45) is 5.92 Å². The van der Waals surface area contributed by atoms with Crippen molar-refractivity contribution in [1.29, 1.82) is 5.26 Å². The van der Waals surface area contributed by atoms with Gasteiger partial charge in [-0.1, -0.05) is 0 Å². The van der Waals surface area contributed by atoms with Crippen LogP contribution in [0, 0.1) is 17.2 Å². The topological polar surface area (TPSA) is 95.0 Å². The predicted molar refractivity (Wildman–Crippen MR) is 96.2 cm³/mol. The van der Waals surface area contributed by atoms with Gasteiger partial charge in [0.05, 0.1) is 34.1 Å². The van der Waals surface area contributed by atoms with E-state index in [0.717, 1.165) is 34.1 Å². The smallest absolute Gasteiger partial charge is 0.138 e. The molecule has 1 saturated carbocycles. The van der Waals surface area contributed by atoms with Gasteiger partial charge in [-0.3, -0.25) is 4.98 Å². The molecule has 7 heteroatoms. The summed E-state index contributed by atoms with van der Waals surface area (Å²) in [6, 6.07) is 4.22. The zero-order valence-electron chi connectivity index (χ0n) is 14.0. The summed E-state index contributed by atoms with van der Waals surface area (Å²) in [5, 5.41) is 31.7. The maximum absolute atomic E-state index is 10.5. The minimum Gasteiger partial charge on any atom is -0.393 e. The van der Waals surface area contributed by atoms with Crippen LogP contribution in [-0.2, 0) is 0 Å². The van der Waals surface area contributed by atoms with Crippen LogP contribution in [0.1, 0.15) is 50.6 Å². The number of thiophene rings is 1. The fourth-order valence-electron chi connectivity index (χ4n) is 3.94. The third kappa shape index (κ3) is 2.71. The maximum atomic E-state index is 10.5. The van der Waals surface area contributed by atoms with E-state index >= 15 is 0 Å². The summed E-state index contributed by atoms with van der Waals surface area (Å²) in [4.78, 5) is 9.07. The molecule has 1 fully saturated rings. The van der Waals surface area contributed by atoms with Gasteiger partial charge < -0.3 is 14.8 Å². The highest BCUT2D eigenvalue weighted by molar-refractivity contribution is 7.18. The summed E-state index contributed by atoms with van der Waals surface area (Å²) >= 11 is 1.62. The Hall–Kier alpha value is -2.01. The van der Waals surface area contributed by atoms with Crippen LogP contribution in [0.4, 0.5) is 0 Å². The Labute approximate surface area is 149 Å². The monoisotopic (exact) mass is 356 g/mol. The van der Waals surface area contributed by atoms with E-state index in [9.17, 15) is 10.2 Å². The summed E-state index contributed by atoms with van der Waals surface area (Å²) in [5.74, 6) is 0.656. The van der Waals surface area contributed by atoms with E-state index in [1.165, 1.54) is 0 Å². The van der Waals surface area contributed by atoms with Gasteiger partial charge in [0, 0.05) is 12.5 Å². The number of pyridine rings is 1. The number of nitrogens with zero attached hydrogens (tertiary/aromatic N) is 4. The molecule has 6 nitrogen and oxygen atoms in total.